The van der Waals surface area contributed by atoms with E-state index in [2.05, 4.69) is 6.92 Å². The van der Waals surface area contributed by atoms with Crippen LogP contribution >= 0.6 is 0 Å². The Hall–Kier alpha value is -0.530. The van der Waals surface area contributed by atoms with Crippen molar-refractivity contribution in [3.63, 3.8) is 0 Å². The molecule has 2 heteroatoms. The van der Waals surface area contributed by atoms with Crippen LogP contribution in [-0.2, 0) is 4.79 Å². The van der Waals surface area contributed by atoms with E-state index in [0.29, 0.717) is 11.8 Å². The number of hydrogen-bond acceptors (Lipinski definition) is 1. The zero-order valence-electron chi connectivity index (χ0n) is 8.84. The monoisotopic (exact) mass is 181 g/mol. The second kappa shape index (κ2) is 2.73. The van der Waals surface area contributed by atoms with Crippen LogP contribution in [0.25, 0.3) is 0 Å². The molecule has 0 aromatic carbocycles. The molecule has 2 rings (SSSR count). The van der Waals surface area contributed by atoms with Crippen LogP contribution in [-0.4, -0.2) is 24.9 Å². The van der Waals surface area contributed by atoms with Gasteiger partial charge in [-0.2, -0.15) is 0 Å². The van der Waals surface area contributed by atoms with E-state index in [4.69, 9.17) is 0 Å². The molecule has 0 aliphatic heterocycles. The summed E-state index contributed by atoms with van der Waals surface area (Å²) in [4.78, 5) is 13.7. The lowest BCUT2D eigenvalue weighted by molar-refractivity contribution is -0.141. The summed E-state index contributed by atoms with van der Waals surface area (Å²) in [5.74, 6) is 1.87. The van der Waals surface area contributed by atoms with E-state index in [1.165, 1.54) is 19.3 Å². The van der Waals surface area contributed by atoms with E-state index in [-0.39, 0.29) is 5.41 Å². The van der Waals surface area contributed by atoms with Crippen LogP contribution < -0.4 is 0 Å². The SMILES string of the molecule is CN(C)C(=O)[C@@]1(C)C[C@H]2CC[C@@H]1C2. The number of hydrogen-bond donors (Lipinski definition) is 0. The maximum Gasteiger partial charge on any atom is 0.228 e. The van der Waals surface area contributed by atoms with Crippen molar-refractivity contribution in [2.24, 2.45) is 17.3 Å². The van der Waals surface area contributed by atoms with Crippen LogP contribution in [0.5, 0.6) is 0 Å². The van der Waals surface area contributed by atoms with Crippen molar-refractivity contribution in [2.75, 3.05) is 14.1 Å². The quantitative estimate of drug-likeness (QED) is 0.605. The van der Waals surface area contributed by atoms with Crippen molar-refractivity contribution in [1.29, 1.82) is 0 Å². The molecule has 2 aliphatic rings. The third-order valence-corrected chi connectivity index (χ3v) is 4.05. The number of nitrogens with zero attached hydrogens (tertiary/aromatic N) is 1. The molecular formula is C11H19NO. The highest BCUT2D eigenvalue weighted by Crippen LogP contribution is 2.56. The van der Waals surface area contributed by atoms with Crippen molar-refractivity contribution in [3.05, 3.63) is 0 Å². The van der Waals surface area contributed by atoms with Crippen molar-refractivity contribution >= 4 is 5.91 Å². The summed E-state index contributed by atoms with van der Waals surface area (Å²) in [5.41, 5.74) is -0.0214. The highest BCUT2D eigenvalue weighted by atomic mass is 16.2. The predicted octanol–water partition coefficient (Wildman–Crippen LogP) is 1.90. The Bertz CT molecular complexity index is 236. The van der Waals surface area contributed by atoms with Crippen LogP contribution in [0.1, 0.15) is 32.6 Å². The molecule has 0 saturated heterocycles. The summed E-state index contributed by atoms with van der Waals surface area (Å²) in [6.45, 7) is 2.17. The van der Waals surface area contributed by atoms with E-state index in [9.17, 15) is 4.79 Å². The van der Waals surface area contributed by atoms with Gasteiger partial charge in [0.1, 0.15) is 0 Å². The molecule has 13 heavy (non-hydrogen) atoms. The lowest BCUT2D eigenvalue weighted by Gasteiger charge is -2.34. The largest absolute Gasteiger partial charge is 0.348 e. The number of rotatable bonds is 1. The van der Waals surface area contributed by atoms with Gasteiger partial charge in [-0.15, -0.1) is 0 Å². The molecule has 0 radical (unpaired) electrons. The van der Waals surface area contributed by atoms with Crippen LogP contribution in [0.2, 0.25) is 0 Å². The molecule has 0 heterocycles. The summed E-state index contributed by atoms with van der Waals surface area (Å²) < 4.78 is 0. The third kappa shape index (κ3) is 1.18. The Labute approximate surface area is 80.3 Å². The average Bonchev–Trinajstić information content (AvgIpc) is 2.62. The predicted molar refractivity (Wildman–Crippen MR) is 52.2 cm³/mol. The Morgan fingerprint density at radius 3 is 2.46 bits per heavy atom. The van der Waals surface area contributed by atoms with E-state index < -0.39 is 0 Å². The first kappa shape index (κ1) is 9.04. The van der Waals surface area contributed by atoms with Gasteiger partial charge in [-0.05, 0) is 31.1 Å². The summed E-state index contributed by atoms with van der Waals surface area (Å²) >= 11 is 0. The molecule has 0 unspecified atom stereocenters. The lowest BCUT2D eigenvalue weighted by Crippen LogP contribution is -2.41. The Kier molecular flexibility index (Phi) is 1.90. The van der Waals surface area contributed by atoms with Gasteiger partial charge in [0.05, 0.1) is 0 Å². The van der Waals surface area contributed by atoms with Crippen molar-refractivity contribution < 1.29 is 4.79 Å². The van der Waals surface area contributed by atoms with Gasteiger partial charge in [0.2, 0.25) is 5.91 Å². The molecule has 0 aromatic rings. The van der Waals surface area contributed by atoms with Crippen molar-refractivity contribution in [1.82, 2.24) is 4.90 Å². The molecule has 2 aliphatic carbocycles. The standard InChI is InChI=1S/C11H19NO/c1-11(10(13)12(2)3)7-8-4-5-9(11)6-8/h8-9H,4-7H2,1-3H3/t8-,9+,11-/m0/s1. The van der Waals surface area contributed by atoms with E-state index in [1.807, 2.05) is 14.1 Å². The topological polar surface area (TPSA) is 20.3 Å². The second-order valence-electron chi connectivity index (χ2n) is 5.20. The van der Waals surface area contributed by atoms with E-state index in [1.54, 1.807) is 4.90 Å². The van der Waals surface area contributed by atoms with Gasteiger partial charge in [-0.25, -0.2) is 0 Å². The second-order valence-corrected chi connectivity index (χ2v) is 5.20. The summed E-state index contributed by atoms with van der Waals surface area (Å²) in [5, 5.41) is 0. The molecular weight excluding hydrogens is 162 g/mol. The van der Waals surface area contributed by atoms with Crippen LogP contribution in [0, 0.1) is 17.3 Å². The minimum Gasteiger partial charge on any atom is -0.348 e. The smallest absolute Gasteiger partial charge is 0.228 e. The average molecular weight is 181 g/mol. The molecule has 2 saturated carbocycles. The number of amides is 1. The van der Waals surface area contributed by atoms with Crippen molar-refractivity contribution in [3.8, 4) is 0 Å². The Balaban J connectivity index is 2.18. The zero-order chi connectivity index (χ0) is 9.64. The number of fused-ring (bicyclic) bond motifs is 2. The molecule has 0 spiro atoms. The highest BCUT2D eigenvalue weighted by Gasteiger charge is 2.52. The van der Waals surface area contributed by atoms with Gasteiger partial charge in [0, 0.05) is 19.5 Å². The van der Waals surface area contributed by atoms with Gasteiger partial charge in [0.15, 0.2) is 0 Å². The van der Waals surface area contributed by atoms with E-state index >= 15 is 0 Å². The number of carbonyl (C=O) groups excluding carboxylic acids is 1. The van der Waals surface area contributed by atoms with Gasteiger partial charge in [0.25, 0.3) is 0 Å². The fourth-order valence-electron chi connectivity index (χ4n) is 3.38. The molecule has 2 nitrogen and oxygen atoms in total. The maximum atomic E-state index is 12.0. The van der Waals surface area contributed by atoms with Gasteiger partial charge in [-0.3, -0.25) is 4.79 Å². The first-order valence-electron chi connectivity index (χ1n) is 5.26. The van der Waals surface area contributed by atoms with Gasteiger partial charge in [-0.1, -0.05) is 13.3 Å². The molecule has 2 fully saturated rings. The van der Waals surface area contributed by atoms with Gasteiger partial charge < -0.3 is 4.90 Å². The fourth-order valence-corrected chi connectivity index (χ4v) is 3.38. The molecule has 3 atom stereocenters. The maximum absolute atomic E-state index is 12.0. The summed E-state index contributed by atoms with van der Waals surface area (Å²) in [6, 6.07) is 0. The summed E-state index contributed by atoms with van der Waals surface area (Å²) in [7, 11) is 3.75. The first-order chi connectivity index (χ1) is 6.04. The minimum absolute atomic E-state index is 0.0214. The van der Waals surface area contributed by atoms with Crippen LogP contribution in [0.3, 0.4) is 0 Å². The van der Waals surface area contributed by atoms with Crippen LogP contribution in [0.15, 0.2) is 0 Å². The normalized spacial score (nSPS) is 42.4. The van der Waals surface area contributed by atoms with Gasteiger partial charge >= 0.3 is 0 Å². The molecule has 74 valence electrons. The van der Waals surface area contributed by atoms with Crippen LogP contribution in [0.4, 0.5) is 0 Å². The van der Waals surface area contributed by atoms with E-state index in [0.717, 1.165) is 12.3 Å². The third-order valence-electron chi connectivity index (χ3n) is 4.05. The Morgan fingerprint density at radius 1 is 1.38 bits per heavy atom. The lowest BCUT2D eigenvalue weighted by atomic mass is 9.74. The molecule has 1 amide bonds. The fraction of sp³-hybridized carbons (Fsp3) is 0.909. The first-order valence-corrected chi connectivity index (χ1v) is 5.26. The molecule has 2 bridgehead atoms. The number of carbonyl (C=O) groups is 1. The minimum atomic E-state index is -0.0214. The molecule has 0 N–H and O–H groups in total. The Morgan fingerprint density at radius 2 is 2.08 bits per heavy atom. The van der Waals surface area contributed by atoms with Crippen molar-refractivity contribution in [2.45, 2.75) is 32.6 Å². The zero-order valence-corrected chi connectivity index (χ0v) is 8.84. The highest BCUT2D eigenvalue weighted by molar-refractivity contribution is 5.82. The summed E-state index contributed by atoms with van der Waals surface area (Å²) in [6.07, 6.45) is 5.08. The molecule has 0 aromatic heterocycles.